The van der Waals surface area contributed by atoms with E-state index < -0.39 is 35.2 Å². The number of alkyl halides is 6. The molecule has 3 N–H and O–H groups in total. The summed E-state index contributed by atoms with van der Waals surface area (Å²) in [5.74, 6) is -0.355. The monoisotopic (exact) mass is 530 g/mol. The highest BCUT2D eigenvalue weighted by atomic mass is 19.4. The average Bonchev–Trinajstić information content (AvgIpc) is 2.83. The molecule has 3 amide bonds. The quantitative estimate of drug-likeness (QED) is 0.356. The number of nitrogens with zero attached hydrogens (tertiary/aromatic N) is 1. The van der Waals surface area contributed by atoms with E-state index in [1.54, 1.807) is 6.07 Å². The SMILES string of the molecule is CCC(C)NC(=O)c1cc(NC(=O)Nc2cc(C(F)(F)F)cc(C(F)(F)F)c2)ccc1N1CCCCC1. The molecule has 2 aromatic carbocycles. The number of carbonyl (C=O) groups excluding carboxylic acids is 2. The molecule has 1 unspecified atom stereocenters. The molecule has 1 fully saturated rings. The fraction of sp³-hybridized carbons (Fsp3) is 0.440. The van der Waals surface area contributed by atoms with Gasteiger partial charge in [-0.1, -0.05) is 6.92 Å². The number of rotatable bonds is 6. The van der Waals surface area contributed by atoms with E-state index in [9.17, 15) is 35.9 Å². The summed E-state index contributed by atoms with van der Waals surface area (Å²) in [5.41, 5.74) is -2.65. The number of halogens is 6. The number of hydrogen-bond donors (Lipinski definition) is 3. The number of nitrogens with one attached hydrogen (secondary N) is 3. The van der Waals surface area contributed by atoms with Gasteiger partial charge in [0, 0.05) is 36.2 Å². The third-order valence-electron chi connectivity index (χ3n) is 6.03. The Labute approximate surface area is 210 Å². The Morgan fingerprint density at radius 3 is 1.97 bits per heavy atom. The van der Waals surface area contributed by atoms with E-state index in [-0.39, 0.29) is 23.7 Å². The number of piperidine rings is 1. The maximum Gasteiger partial charge on any atom is 0.416 e. The molecule has 0 bridgehead atoms. The zero-order chi connectivity index (χ0) is 27.4. The first-order chi connectivity index (χ1) is 17.3. The molecule has 3 rings (SSSR count). The molecule has 0 aromatic heterocycles. The second-order valence-electron chi connectivity index (χ2n) is 8.94. The van der Waals surface area contributed by atoms with Crippen LogP contribution in [0.5, 0.6) is 0 Å². The van der Waals surface area contributed by atoms with Crippen LogP contribution in [0, 0.1) is 0 Å². The smallest absolute Gasteiger partial charge is 0.371 e. The van der Waals surface area contributed by atoms with Crippen LogP contribution >= 0.6 is 0 Å². The number of benzene rings is 2. The fourth-order valence-electron chi connectivity index (χ4n) is 3.93. The first-order valence-electron chi connectivity index (χ1n) is 11.8. The minimum atomic E-state index is -5.05. The summed E-state index contributed by atoms with van der Waals surface area (Å²) < 4.78 is 78.7. The Kier molecular flexibility index (Phi) is 8.60. The van der Waals surface area contributed by atoms with Crippen LogP contribution in [0.3, 0.4) is 0 Å². The van der Waals surface area contributed by atoms with Gasteiger partial charge in [-0.25, -0.2) is 4.79 Å². The average molecular weight is 531 g/mol. The van der Waals surface area contributed by atoms with Crippen LogP contribution in [0.4, 0.5) is 48.2 Å². The highest BCUT2D eigenvalue weighted by molar-refractivity contribution is 6.04. The summed E-state index contributed by atoms with van der Waals surface area (Å²) in [6.45, 7) is 5.27. The lowest BCUT2D eigenvalue weighted by Crippen LogP contribution is -2.35. The third kappa shape index (κ3) is 7.53. The summed E-state index contributed by atoms with van der Waals surface area (Å²) in [6, 6.07) is 4.27. The van der Waals surface area contributed by atoms with Gasteiger partial charge in [0.05, 0.1) is 16.7 Å². The van der Waals surface area contributed by atoms with Crippen LogP contribution in [0.25, 0.3) is 0 Å². The lowest BCUT2D eigenvalue weighted by molar-refractivity contribution is -0.143. The van der Waals surface area contributed by atoms with Crippen molar-refractivity contribution in [2.24, 2.45) is 0 Å². The van der Waals surface area contributed by atoms with Crippen molar-refractivity contribution in [3.05, 3.63) is 53.1 Å². The molecule has 1 aliphatic heterocycles. The largest absolute Gasteiger partial charge is 0.416 e. The molecule has 0 spiro atoms. The Morgan fingerprint density at radius 2 is 1.43 bits per heavy atom. The molecule has 202 valence electrons. The first kappa shape index (κ1) is 28.1. The number of anilines is 3. The third-order valence-corrected chi connectivity index (χ3v) is 6.03. The molecular weight excluding hydrogens is 502 g/mol. The van der Waals surface area contributed by atoms with Crippen LogP contribution in [-0.4, -0.2) is 31.1 Å². The van der Waals surface area contributed by atoms with Crippen LogP contribution < -0.4 is 20.9 Å². The predicted octanol–water partition coefficient (Wildman–Crippen LogP) is 6.89. The second-order valence-corrected chi connectivity index (χ2v) is 8.94. The van der Waals surface area contributed by atoms with Crippen molar-refractivity contribution in [3.8, 4) is 0 Å². The number of urea groups is 1. The minimum absolute atomic E-state index is 0.0232. The predicted molar refractivity (Wildman–Crippen MR) is 129 cm³/mol. The summed E-state index contributed by atoms with van der Waals surface area (Å²) in [7, 11) is 0. The molecule has 37 heavy (non-hydrogen) atoms. The Morgan fingerprint density at radius 1 is 0.865 bits per heavy atom. The van der Waals surface area contributed by atoms with Gasteiger partial charge in [-0.2, -0.15) is 26.3 Å². The molecule has 0 aliphatic carbocycles. The van der Waals surface area contributed by atoms with E-state index in [0.717, 1.165) is 32.4 Å². The molecule has 2 aromatic rings. The van der Waals surface area contributed by atoms with Crippen molar-refractivity contribution >= 4 is 29.0 Å². The second kappa shape index (κ2) is 11.3. The van der Waals surface area contributed by atoms with Gasteiger partial charge in [0.2, 0.25) is 0 Å². The van der Waals surface area contributed by atoms with Crippen molar-refractivity contribution in [2.45, 2.75) is 57.9 Å². The standard InChI is InChI=1S/C25H28F6N4O2/c1-3-15(2)32-22(36)20-14-18(7-8-21(20)35-9-5-4-6-10-35)33-23(37)34-19-12-16(24(26,27)28)11-17(13-19)25(29,30)31/h7-8,11-15H,3-6,9-10H2,1-2H3,(H,32,36)(H2,33,34,37). The van der Waals surface area contributed by atoms with Crippen molar-refractivity contribution in [2.75, 3.05) is 28.6 Å². The topological polar surface area (TPSA) is 73.5 Å². The van der Waals surface area contributed by atoms with E-state index in [4.69, 9.17) is 0 Å². The van der Waals surface area contributed by atoms with Gasteiger partial charge in [-0.15, -0.1) is 0 Å². The zero-order valence-electron chi connectivity index (χ0n) is 20.3. The summed E-state index contributed by atoms with van der Waals surface area (Å²) in [4.78, 5) is 27.6. The molecule has 6 nitrogen and oxygen atoms in total. The maximum atomic E-state index is 13.1. The number of carbonyl (C=O) groups is 2. The molecule has 12 heteroatoms. The van der Waals surface area contributed by atoms with Gasteiger partial charge in [-0.05, 0) is 69.0 Å². The van der Waals surface area contributed by atoms with Crippen LogP contribution in [-0.2, 0) is 12.4 Å². The van der Waals surface area contributed by atoms with Crippen molar-refractivity contribution < 1.29 is 35.9 Å². The lowest BCUT2D eigenvalue weighted by atomic mass is 10.1. The summed E-state index contributed by atoms with van der Waals surface area (Å²) in [6.07, 6.45) is -6.39. The molecule has 0 saturated carbocycles. The molecule has 1 aliphatic rings. The van der Waals surface area contributed by atoms with E-state index in [2.05, 4.69) is 15.5 Å². The normalized spacial score (nSPS) is 15.2. The van der Waals surface area contributed by atoms with Crippen molar-refractivity contribution in [1.82, 2.24) is 5.32 Å². The van der Waals surface area contributed by atoms with Gasteiger partial charge in [-0.3, -0.25) is 4.79 Å². The number of amides is 3. The van der Waals surface area contributed by atoms with Gasteiger partial charge >= 0.3 is 18.4 Å². The maximum absolute atomic E-state index is 13.1. The van der Waals surface area contributed by atoms with E-state index in [1.807, 2.05) is 19.2 Å². The molecule has 1 saturated heterocycles. The molecule has 1 atom stereocenters. The zero-order valence-corrected chi connectivity index (χ0v) is 20.3. The van der Waals surface area contributed by atoms with Crippen LogP contribution in [0.15, 0.2) is 36.4 Å². The Balaban J connectivity index is 1.86. The highest BCUT2D eigenvalue weighted by Crippen LogP contribution is 2.37. The van der Waals surface area contributed by atoms with E-state index in [1.165, 1.54) is 12.1 Å². The minimum Gasteiger partial charge on any atom is -0.371 e. The van der Waals surface area contributed by atoms with E-state index >= 15 is 0 Å². The van der Waals surface area contributed by atoms with E-state index in [0.29, 0.717) is 29.8 Å². The number of hydrogen-bond acceptors (Lipinski definition) is 3. The summed E-state index contributed by atoms with van der Waals surface area (Å²) in [5, 5.41) is 7.29. The van der Waals surface area contributed by atoms with Gasteiger partial charge in [0.25, 0.3) is 5.91 Å². The van der Waals surface area contributed by atoms with Crippen molar-refractivity contribution in [3.63, 3.8) is 0 Å². The van der Waals surface area contributed by atoms with Crippen LogP contribution in [0.2, 0.25) is 0 Å². The van der Waals surface area contributed by atoms with Crippen LogP contribution in [0.1, 0.15) is 61.0 Å². The Hall–Kier alpha value is -3.44. The summed E-state index contributed by atoms with van der Waals surface area (Å²) >= 11 is 0. The Bertz CT molecular complexity index is 1090. The van der Waals surface area contributed by atoms with Gasteiger partial charge in [0.1, 0.15) is 0 Å². The molecule has 0 radical (unpaired) electrons. The molecular formula is C25H28F6N4O2. The first-order valence-corrected chi connectivity index (χ1v) is 11.8. The molecule has 1 heterocycles. The fourth-order valence-corrected chi connectivity index (χ4v) is 3.93. The van der Waals surface area contributed by atoms with Gasteiger partial charge in [0.15, 0.2) is 0 Å². The lowest BCUT2D eigenvalue weighted by Gasteiger charge is -2.31. The highest BCUT2D eigenvalue weighted by Gasteiger charge is 2.37. The van der Waals surface area contributed by atoms with Crippen molar-refractivity contribution in [1.29, 1.82) is 0 Å². The van der Waals surface area contributed by atoms with Gasteiger partial charge < -0.3 is 20.9 Å².